The second-order valence-electron chi connectivity index (χ2n) is 8.47. The molecule has 1 aliphatic heterocycles. The lowest BCUT2D eigenvalue weighted by atomic mass is 10.0. The van der Waals surface area contributed by atoms with E-state index in [1.54, 1.807) is 21.5 Å². The highest BCUT2D eigenvalue weighted by molar-refractivity contribution is 5.76. The topological polar surface area (TPSA) is 113 Å². The number of aliphatic hydroxyl groups excluding tert-OH is 1. The van der Waals surface area contributed by atoms with Crippen molar-refractivity contribution >= 4 is 11.9 Å². The number of carbonyl (C=O) groups is 2. The van der Waals surface area contributed by atoms with Crippen molar-refractivity contribution in [1.82, 2.24) is 30.1 Å². The number of nitrogens with one attached hydrogen (secondary N) is 1. The Balaban J connectivity index is 2.21. The van der Waals surface area contributed by atoms with E-state index in [2.05, 4.69) is 15.6 Å². The van der Waals surface area contributed by atoms with Gasteiger partial charge in [-0.3, -0.25) is 9.48 Å². The average Bonchev–Trinajstić information content (AvgIpc) is 3.14. The molecule has 2 bridgehead atoms. The molecule has 0 aromatic carbocycles. The fraction of sp³-hybridized carbons (Fsp3) is 0.800. The number of likely N-dealkylation sites (N-methyl/N-ethyl adjacent to an activating group) is 1. The molecule has 0 fully saturated rings. The van der Waals surface area contributed by atoms with E-state index in [1.807, 2.05) is 33.9 Å². The molecule has 0 saturated carbocycles. The quantitative estimate of drug-likeness (QED) is 0.725. The first-order valence-electron chi connectivity index (χ1n) is 10.6. The number of aryl methyl sites for hydroxylation is 1. The van der Waals surface area contributed by atoms with E-state index in [-0.39, 0.29) is 49.3 Å². The van der Waals surface area contributed by atoms with E-state index >= 15 is 0 Å². The van der Waals surface area contributed by atoms with Gasteiger partial charge in [0, 0.05) is 45.1 Å². The first-order valence-corrected chi connectivity index (χ1v) is 10.6. The van der Waals surface area contributed by atoms with Crippen LogP contribution in [-0.2, 0) is 22.7 Å². The zero-order chi connectivity index (χ0) is 22.3. The van der Waals surface area contributed by atoms with Gasteiger partial charge >= 0.3 is 6.03 Å². The molecule has 2 N–H and O–H groups in total. The largest absolute Gasteiger partial charge is 0.394 e. The van der Waals surface area contributed by atoms with Gasteiger partial charge in [0.05, 0.1) is 31.6 Å². The van der Waals surface area contributed by atoms with Crippen molar-refractivity contribution < 1.29 is 19.4 Å². The van der Waals surface area contributed by atoms with E-state index in [0.717, 1.165) is 0 Å². The number of aliphatic hydroxyl groups is 1. The van der Waals surface area contributed by atoms with E-state index in [0.29, 0.717) is 38.2 Å². The summed E-state index contributed by atoms with van der Waals surface area (Å²) in [5.74, 6) is -0.0688. The number of rotatable bonds is 5. The Morgan fingerprint density at radius 2 is 2.17 bits per heavy atom. The lowest BCUT2D eigenvalue weighted by Gasteiger charge is -2.35. The van der Waals surface area contributed by atoms with Crippen LogP contribution in [0.15, 0.2) is 6.20 Å². The fourth-order valence-corrected chi connectivity index (χ4v) is 3.40. The van der Waals surface area contributed by atoms with Crippen molar-refractivity contribution in [2.45, 2.75) is 71.9 Å². The molecule has 3 atom stereocenters. The number of fused-ring (bicyclic) bond motifs is 2. The van der Waals surface area contributed by atoms with Gasteiger partial charge < -0.3 is 25.0 Å². The molecule has 1 aromatic rings. The predicted molar refractivity (Wildman–Crippen MR) is 112 cm³/mol. The Labute approximate surface area is 178 Å². The lowest BCUT2D eigenvalue weighted by Crippen LogP contribution is -2.49. The van der Waals surface area contributed by atoms with Crippen molar-refractivity contribution in [3.8, 4) is 0 Å². The summed E-state index contributed by atoms with van der Waals surface area (Å²) in [6.45, 7) is 9.23. The summed E-state index contributed by atoms with van der Waals surface area (Å²) in [5.41, 5.74) is 0.715. The molecule has 10 heteroatoms. The second-order valence-corrected chi connectivity index (χ2v) is 8.47. The summed E-state index contributed by atoms with van der Waals surface area (Å²) in [5, 5.41) is 20.8. The minimum absolute atomic E-state index is 0.00681. The van der Waals surface area contributed by atoms with Crippen molar-refractivity contribution in [2.24, 2.45) is 5.92 Å². The molecule has 30 heavy (non-hydrogen) atoms. The highest BCUT2D eigenvalue weighted by Gasteiger charge is 2.28. The van der Waals surface area contributed by atoms with Crippen LogP contribution >= 0.6 is 0 Å². The molecular formula is C20H36N6O4. The van der Waals surface area contributed by atoms with Crippen LogP contribution in [-0.4, -0.2) is 86.8 Å². The summed E-state index contributed by atoms with van der Waals surface area (Å²) in [6.07, 6.45) is 2.52. The third kappa shape index (κ3) is 6.94. The van der Waals surface area contributed by atoms with Crippen molar-refractivity contribution in [1.29, 1.82) is 0 Å². The number of amides is 3. The molecule has 2 rings (SSSR count). The second kappa shape index (κ2) is 11.3. The van der Waals surface area contributed by atoms with Crippen molar-refractivity contribution in [2.75, 3.05) is 26.7 Å². The van der Waals surface area contributed by atoms with Gasteiger partial charge in [-0.1, -0.05) is 12.1 Å². The average molecular weight is 425 g/mol. The number of nitrogens with zero attached hydrogens (tertiary/aromatic N) is 5. The highest BCUT2D eigenvalue weighted by Crippen LogP contribution is 2.17. The Morgan fingerprint density at radius 1 is 1.43 bits per heavy atom. The Bertz CT molecular complexity index is 695. The van der Waals surface area contributed by atoms with Crippen molar-refractivity contribution in [3.05, 3.63) is 11.9 Å². The number of hydrogen-bond donors (Lipinski definition) is 2. The first kappa shape index (κ1) is 24.1. The summed E-state index contributed by atoms with van der Waals surface area (Å²) in [7, 11) is 1.73. The van der Waals surface area contributed by atoms with Crippen LogP contribution in [0.25, 0.3) is 0 Å². The normalized spacial score (nSPS) is 22.1. The van der Waals surface area contributed by atoms with Crippen LogP contribution in [0.1, 0.15) is 46.2 Å². The minimum atomic E-state index is -0.319. The number of hydrogen-bond acceptors (Lipinski definition) is 6. The fourth-order valence-electron chi connectivity index (χ4n) is 3.40. The van der Waals surface area contributed by atoms with Gasteiger partial charge in [-0.25, -0.2) is 4.79 Å². The van der Waals surface area contributed by atoms with Gasteiger partial charge in [0.15, 0.2) is 0 Å². The molecule has 10 nitrogen and oxygen atoms in total. The molecule has 0 spiro atoms. The zero-order valence-electron chi connectivity index (χ0n) is 18.7. The van der Waals surface area contributed by atoms with Gasteiger partial charge in [0.25, 0.3) is 0 Å². The third-order valence-corrected chi connectivity index (χ3v) is 5.26. The van der Waals surface area contributed by atoms with E-state index in [9.17, 15) is 14.7 Å². The maximum absolute atomic E-state index is 12.8. The summed E-state index contributed by atoms with van der Waals surface area (Å²) in [4.78, 5) is 28.5. The highest BCUT2D eigenvalue weighted by atomic mass is 16.5. The van der Waals surface area contributed by atoms with E-state index in [4.69, 9.17) is 4.74 Å². The number of ether oxygens (including phenoxy) is 1. The Morgan fingerprint density at radius 3 is 2.83 bits per heavy atom. The number of carbonyl (C=O) groups excluding carboxylic acids is 2. The van der Waals surface area contributed by atoms with Gasteiger partial charge in [-0.15, -0.1) is 5.10 Å². The summed E-state index contributed by atoms with van der Waals surface area (Å²) < 4.78 is 7.86. The third-order valence-electron chi connectivity index (χ3n) is 5.26. The predicted octanol–water partition coefficient (Wildman–Crippen LogP) is 0.852. The molecule has 0 aliphatic carbocycles. The lowest BCUT2D eigenvalue weighted by molar-refractivity contribution is -0.136. The van der Waals surface area contributed by atoms with Crippen LogP contribution in [0.3, 0.4) is 0 Å². The van der Waals surface area contributed by atoms with Gasteiger partial charge in [0.2, 0.25) is 5.91 Å². The number of urea groups is 1. The molecule has 0 radical (unpaired) electrons. The van der Waals surface area contributed by atoms with E-state index in [1.165, 1.54) is 0 Å². The van der Waals surface area contributed by atoms with Gasteiger partial charge in [0.1, 0.15) is 5.69 Å². The van der Waals surface area contributed by atoms with Crippen LogP contribution in [0.5, 0.6) is 0 Å². The maximum Gasteiger partial charge on any atom is 0.317 e. The summed E-state index contributed by atoms with van der Waals surface area (Å²) in [6, 6.07) is -0.427. The molecule has 2 heterocycles. The van der Waals surface area contributed by atoms with Gasteiger partial charge in [-0.05, 0) is 27.2 Å². The molecule has 1 aromatic heterocycles. The monoisotopic (exact) mass is 424 g/mol. The minimum Gasteiger partial charge on any atom is -0.394 e. The Hall–Kier alpha value is -2.20. The van der Waals surface area contributed by atoms with Crippen LogP contribution in [0.4, 0.5) is 4.79 Å². The smallest absolute Gasteiger partial charge is 0.317 e. The molecule has 170 valence electrons. The maximum atomic E-state index is 12.8. The molecule has 1 aliphatic rings. The first-order chi connectivity index (χ1) is 14.2. The number of aromatic nitrogens is 3. The Kier molecular flexibility index (Phi) is 9.04. The van der Waals surface area contributed by atoms with Crippen LogP contribution in [0.2, 0.25) is 0 Å². The van der Waals surface area contributed by atoms with Crippen molar-refractivity contribution in [3.63, 3.8) is 0 Å². The summed E-state index contributed by atoms with van der Waals surface area (Å²) >= 11 is 0. The molecule has 0 unspecified atom stereocenters. The molecule has 0 saturated heterocycles. The SMILES string of the molecule is CC(C)NC(=O)N(C)C[C@H]1OCc2cn(nn2)CCCC(=O)N([C@@H](C)CO)C[C@@H]1C. The van der Waals surface area contributed by atoms with Gasteiger partial charge in [-0.2, -0.15) is 0 Å². The standard InChI is InChI=1S/C20H36N6O4/c1-14(2)21-20(29)24(5)11-18-15(3)9-26(16(4)12-27)19(28)7-6-8-25-10-17(13-30-18)22-23-25/h10,14-16,18,27H,6-9,11-13H2,1-5H3,(H,21,29)/t15-,16-,18+/m0/s1. The molecular weight excluding hydrogens is 388 g/mol. The molecule has 3 amide bonds. The zero-order valence-corrected chi connectivity index (χ0v) is 18.7. The van der Waals surface area contributed by atoms with Crippen LogP contribution in [0, 0.1) is 5.92 Å². The van der Waals surface area contributed by atoms with Crippen LogP contribution < -0.4 is 5.32 Å². The van der Waals surface area contributed by atoms with E-state index < -0.39 is 0 Å².